The number of carbonyl (C=O) groups is 1. The van der Waals surface area contributed by atoms with Gasteiger partial charge in [-0.3, -0.25) is 10.1 Å². The van der Waals surface area contributed by atoms with E-state index in [0.717, 1.165) is 0 Å². The number of aromatic nitrogens is 2. The van der Waals surface area contributed by atoms with Crippen LogP contribution in [0.5, 0.6) is 0 Å². The number of nitro groups is 1. The molecule has 0 aliphatic heterocycles. The first-order valence-corrected chi connectivity index (χ1v) is 5.59. The number of ether oxygens (including phenoxy) is 1. The third kappa shape index (κ3) is 2.68. The van der Waals surface area contributed by atoms with Crippen LogP contribution in [0.25, 0.3) is 11.5 Å². The molecule has 110 valence electrons. The van der Waals surface area contributed by atoms with Crippen molar-refractivity contribution >= 4 is 11.7 Å². The predicted molar refractivity (Wildman–Crippen MR) is 62.3 cm³/mol. The summed E-state index contributed by atoms with van der Waals surface area (Å²) in [5, 5.41) is 13.8. The third-order valence-electron chi connectivity index (χ3n) is 2.37. The van der Waals surface area contributed by atoms with Crippen molar-refractivity contribution in [1.29, 1.82) is 0 Å². The summed E-state index contributed by atoms with van der Waals surface area (Å²) in [6.07, 6.45) is 0. The van der Waals surface area contributed by atoms with E-state index in [4.69, 9.17) is 0 Å². The van der Waals surface area contributed by atoms with Crippen LogP contribution in [0.2, 0.25) is 0 Å². The number of rotatable bonds is 4. The Labute approximate surface area is 115 Å². The van der Waals surface area contributed by atoms with Crippen LogP contribution in [0.1, 0.15) is 17.5 Å². The first kappa shape index (κ1) is 14.5. The highest BCUT2D eigenvalue weighted by molar-refractivity contribution is 5.85. The van der Waals surface area contributed by atoms with Crippen LogP contribution in [0, 0.1) is 21.7 Å². The van der Waals surface area contributed by atoms with Crippen LogP contribution in [-0.2, 0) is 4.74 Å². The van der Waals surface area contributed by atoms with Gasteiger partial charge >= 0.3 is 11.7 Å². The molecule has 2 rings (SSSR count). The average Bonchev–Trinajstić information content (AvgIpc) is 2.88. The van der Waals surface area contributed by atoms with Gasteiger partial charge in [0.25, 0.3) is 11.7 Å². The Morgan fingerprint density at radius 2 is 2.19 bits per heavy atom. The molecule has 0 fully saturated rings. The maximum Gasteiger partial charge on any atom is 0.379 e. The Morgan fingerprint density at radius 3 is 2.81 bits per heavy atom. The largest absolute Gasteiger partial charge is 0.460 e. The van der Waals surface area contributed by atoms with Crippen molar-refractivity contribution in [2.45, 2.75) is 6.92 Å². The van der Waals surface area contributed by atoms with E-state index in [1.807, 2.05) is 0 Å². The Bertz CT molecular complexity index is 716. The molecule has 1 heterocycles. The standard InChI is InChI=1S/C11H7F2N3O5/c1-2-20-11(17)9-14-10(21-15-9)7-5(12)3-4-6(8(7)13)16(18)19/h3-4H,2H2,1H3. The van der Waals surface area contributed by atoms with Gasteiger partial charge in [-0.05, 0) is 18.1 Å². The van der Waals surface area contributed by atoms with Gasteiger partial charge in [0.05, 0.1) is 11.5 Å². The van der Waals surface area contributed by atoms with Crippen LogP contribution in [0.4, 0.5) is 14.5 Å². The molecule has 0 spiro atoms. The summed E-state index contributed by atoms with van der Waals surface area (Å²) in [4.78, 5) is 24.4. The molecule has 0 aliphatic carbocycles. The lowest BCUT2D eigenvalue weighted by molar-refractivity contribution is -0.387. The minimum Gasteiger partial charge on any atom is -0.460 e. The monoisotopic (exact) mass is 299 g/mol. The van der Waals surface area contributed by atoms with Gasteiger partial charge in [-0.15, -0.1) is 0 Å². The van der Waals surface area contributed by atoms with Crippen LogP contribution in [-0.4, -0.2) is 27.6 Å². The fourth-order valence-electron chi connectivity index (χ4n) is 1.48. The number of benzene rings is 1. The molecule has 0 unspecified atom stereocenters. The molecule has 8 nitrogen and oxygen atoms in total. The molecule has 0 amide bonds. The molecule has 21 heavy (non-hydrogen) atoms. The van der Waals surface area contributed by atoms with Crippen molar-refractivity contribution < 1.29 is 27.8 Å². The van der Waals surface area contributed by atoms with Gasteiger partial charge in [-0.1, -0.05) is 0 Å². The van der Waals surface area contributed by atoms with E-state index in [9.17, 15) is 23.7 Å². The minimum absolute atomic E-state index is 0.0439. The normalized spacial score (nSPS) is 10.4. The number of hydrogen-bond acceptors (Lipinski definition) is 7. The molecule has 10 heteroatoms. The van der Waals surface area contributed by atoms with Crippen molar-refractivity contribution in [3.63, 3.8) is 0 Å². The first-order chi connectivity index (χ1) is 9.95. The van der Waals surface area contributed by atoms with E-state index in [0.29, 0.717) is 12.1 Å². The molecule has 2 aromatic rings. The molecule has 0 radical (unpaired) electrons. The van der Waals surface area contributed by atoms with Gasteiger partial charge in [0, 0.05) is 6.07 Å². The molecule has 0 bridgehead atoms. The number of hydrogen-bond donors (Lipinski definition) is 0. The predicted octanol–water partition coefficient (Wildman–Crippen LogP) is 2.10. The molecular formula is C11H7F2N3O5. The molecule has 0 atom stereocenters. The maximum atomic E-state index is 13.9. The van der Waals surface area contributed by atoms with Gasteiger partial charge in [0.15, 0.2) is 0 Å². The summed E-state index contributed by atoms with van der Waals surface area (Å²) in [6.45, 7) is 1.58. The number of nitrogens with zero attached hydrogens (tertiary/aromatic N) is 3. The van der Waals surface area contributed by atoms with Crippen LogP contribution in [0.3, 0.4) is 0 Å². The molecule has 1 aromatic heterocycles. The zero-order valence-electron chi connectivity index (χ0n) is 10.5. The van der Waals surface area contributed by atoms with Crippen molar-refractivity contribution in [3.8, 4) is 11.5 Å². The molecule has 0 N–H and O–H groups in total. The van der Waals surface area contributed by atoms with Gasteiger partial charge in [0.2, 0.25) is 5.82 Å². The zero-order chi connectivity index (χ0) is 15.6. The molecule has 0 saturated heterocycles. The zero-order valence-corrected chi connectivity index (χ0v) is 10.5. The highest BCUT2D eigenvalue weighted by atomic mass is 19.1. The molecule has 0 saturated carbocycles. The lowest BCUT2D eigenvalue weighted by atomic mass is 10.1. The Kier molecular flexibility index (Phi) is 3.87. The average molecular weight is 299 g/mol. The SMILES string of the molecule is CCOC(=O)c1noc(-c2c(F)ccc([N+](=O)[O-])c2F)n1. The topological polar surface area (TPSA) is 108 Å². The lowest BCUT2D eigenvalue weighted by Crippen LogP contribution is -2.06. The smallest absolute Gasteiger partial charge is 0.379 e. The Morgan fingerprint density at radius 1 is 1.48 bits per heavy atom. The van der Waals surface area contributed by atoms with E-state index in [-0.39, 0.29) is 6.61 Å². The highest BCUT2D eigenvalue weighted by Gasteiger charge is 2.27. The molecule has 1 aromatic carbocycles. The van der Waals surface area contributed by atoms with E-state index in [2.05, 4.69) is 19.4 Å². The minimum atomic E-state index is -1.47. The summed E-state index contributed by atoms with van der Waals surface area (Å²) < 4.78 is 36.7. The first-order valence-electron chi connectivity index (χ1n) is 5.59. The summed E-state index contributed by atoms with van der Waals surface area (Å²) >= 11 is 0. The van der Waals surface area contributed by atoms with E-state index >= 15 is 0 Å². The second-order valence-electron chi connectivity index (χ2n) is 3.66. The summed E-state index contributed by atoms with van der Waals surface area (Å²) in [7, 11) is 0. The van der Waals surface area contributed by atoms with Gasteiger partial charge < -0.3 is 9.26 Å². The van der Waals surface area contributed by atoms with Crippen molar-refractivity contribution in [1.82, 2.24) is 10.1 Å². The maximum absolute atomic E-state index is 13.9. The number of halogens is 2. The van der Waals surface area contributed by atoms with E-state index < -0.39 is 45.5 Å². The third-order valence-corrected chi connectivity index (χ3v) is 2.37. The number of nitro benzene ring substituents is 1. The van der Waals surface area contributed by atoms with Gasteiger partial charge in [0.1, 0.15) is 11.4 Å². The van der Waals surface area contributed by atoms with Crippen LogP contribution >= 0.6 is 0 Å². The molecular weight excluding hydrogens is 292 g/mol. The Balaban J connectivity index is 2.50. The summed E-state index contributed by atoms with van der Waals surface area (Å²) in [6, 6.07) is 1.35. The summed E-state index contributed by atoms with van der Waals surface area (Å²) in [5.41, 5.74) is -1.84. The quantitative estimate of drug-likeness (QED) is 0.483. The Hall–Kier alpha value is -2.91. The molecule has 0 aliphatic rings. The second-order valence-corrected chi connectivity index (χ2v) is 3.66. The second kappa shape index (κ2) is 5.61. The van der Waals surface area contributed by atoms with Crippen molar-refractivity contribution in [2.24, 2.45) is 0 Å². The number of carbonyl (C=O) groups excluding carboxylic acids is 1. The summed E-state index contributed by atoms with van der Waals surface area (Å²) in [5.74, 6) is -4.80. The fourth-order valence-corrected chi connectivity index (χ4v) is 1.48. The number of esters is 1. The van der Waals surface area contributed by atoms with Crippen LogP contribution in [0.15, 0.2) is 16.7 Å². The van der Waals surface area contributed by atoms with Gasteiger partial charge in [-0.25, -0.2) is 9.18 Å². The van der Waals surface area contributed by atoms with Crippen molar-refractivity contribution in [2.75, 3.05) is 6.61 Å². The highest BCUT2D eigenvalue weighted by Crippen LogP contribution is 2.30. The van der Waals surface area contributed by atoms with Crippen LogP contribution < -0.4 is 0 Å². The fraction of sp³-hybridized carbons (Fsp3) is 0.182. The van der Waals surface area contributed by atoms with Crippen molar-refractivity contribution in [3.05, 3.63) is 39.7 Å². The van der Waals surface area contributed by atoms with E-state index in [1.54, 1.807) is 6.92 Å². The van der Waals surface area contributed by atoms with E-state index in [1.165, 1.54) is 0 Å². The van der Waals surface area contributed by atoms with Gasteiger partial charge in [-0.2, -0.15) is 9.37 Å². The lowest BCUT2D eigenvalue weighted by Gasteiger charge is -2.00.